The Kier molecular flexibility index (Phi) is 5.98. The summed E-state index contributed by atoms with van der Waals surface area (Å²) < 4.78 is 7.19. The van der Waals surface area contributed by atoms with E-state index in [0.717, 1.165) is 35.3 Å². The lowest BCUT2D eigenvalue weighted by Crippen LogP contribution is -2.55. The number of carbonyl (C=O) groups excluding carboxylic acids is 1. The molecule has 1 aromatic carbocycles. The van der Waals surface area contributed by atoms with E-state index in [4.69, 9.17) is 9.84 Å². The summed E-state index contributed by atoms with van der Waals surface area (Å²) in [6.07, 6.45) is 7.12. The largest absolute Gasteiger partial charge is 0.478 e. The molecule has 2 saturated heterocycles. The molecule has 0 atom stereocenters. The van der Waals surface area contributed by atoms with Crippen molar-refractivity contribution in [3.63, 3.8) is 0 Å². The number of benzene rings is 1. The van der Waals surface area contributed by atoms with Crippen LogP contribution in [0.5, 0.6) is 0 Å². The van der Waals surface area contributed by atoms with Crippen LogP contribution >= 0.6 is 0 Å². The maximum Gasteiger partial charge on any atom is 0.335 e. The first-order valence-corrected chi connectivity index (χ1v) is 11.7. The number of aromatic carboxylic acids is 1. The highest BCUT2D eigenvalue weighted by Gasteiger charge is 2.44. The average molecular weight is 477 g/mol. The van der Waals surface area contributed by atoms with Gasteiger partial charge in [0.1, 0.15) is 0 Å². The van der Waals surface area contributed by atoms with E-state index in [1.807, 2.05) is 29.6 Å². The zero-order valence-corrected chi connectivity index (χ0v) is 19.8. The van der Waals surface area contributed by atoms with Crippen molar-refractivity contribution in [2.45, 2.75) is 32.7 Å². The Balaban J connectivity index is 1.23. The number of hydrogen-bond acceptors (Lipinski definition) is 7. The van der Waals surface area contributed by atoms with Crippen molar-refractivity contribution < 1.29 is 19.4 Å². The van der Waals surface area contributed by atoms with Crippen molar-refractivity contribution in [1.29, 1.82) is 0 Å². The Hall–Kier alpha value is -3.79. The predicted molar refractivity (Wildman–Crippen MR) is 128 cm³/mol. The number of hydrogen-bond donors (Lipinski definition) is 2. The summed E-state index contributed by atoms with van der Waals surface area (Å²) in [7, 11) is 0. The summed E-state index contributed by atoms with van der Waals surface area (Å²) in [6.45, 7) is 6.34. The summed E-state index contributed by atoms with van der Waals surface area (Å²) in [5.41, 5.74) is 3.08. The van der Waals surface area contributed by atoms with Crippen LogP contribution in [-0.2, 0) is 9.53 Å². The molecule has 2 N–H and O–H groups in total. The number of rotatable bonds is 6. The molecule has 35 heavy (non-hydrogen) atoms. The van der Waals surface area contributed by atoms with Gasteiger partial charge in [0.25, 0.3) is 0 Å². The zero-order valence-electron chi connectivity index (χ0n) is 19.8. The molecule has 0 saturated carbocycles. The summed E-state index contributed by atoms with van der Waals surface area (Å²) in [6, 6.07) is 6.85. The van der Waals surface area contributed by atoms with Crippen LogP contribution < -0.4 is 5.32 Å². The number of likely N-dealkylation sites (tertiary alicyclic amines) is 1. The Morgan fingerprint density at radius 1 is 1.14 bits per heavy atom. The van der Waals surface area contributed by atoms with Crippen molar-refractivity contribution in [1.82, 2.24) is 24.6 Å². The fourth-order valence-corrected chi connectivity index (χ4v) is 4.54. The van der Waals surface area contributed by atoms with Gasteiger partial charge in [0.15, 0.2) is 0 Å². The summed E-state index contributed by atoms with van der Waals surface area (Å²) in [4.78, 5) is 34.8. The molecule has 3 aromatic rings. The van der Waals surface area contributed by atoms with Gasteiger partial charge in [-0.25, -0.2) is 14.8 Å². The van der Waals surface area contributed by atoms with Gasteiger partial charge in [-0.15, -0.1) is 0 Å². The molecule has 1 amide bonds. The quantitative estimate of drug-likeness (QED) is 0.556. The van der Waals surface area contributed by atoms with Gasteiger partial charge in [0.2, 0.25) is 11.9 Å². The second-order valence-corrected chi connectivity index (χ2v) is 9.52. The third-order valence-corrected chi connectivity index (χ3v) is 6.72. The van der Waals surface area contributed by atoms with Gasteiger partial charge in [-0.3, -0.25) is 9.48 Å². The topological polar surface area (TPSA) is 122 Å². The second-order valence-electron chi connectivity index (χ2n) is 9.52. The molecular weight excluding hydrogens is 448 g/mol. The van der Waals surface area contributed by atoms with E-state index >= 15 is 0 Å². The minimum atomic E-state index is -0.963. The minimum absolute atomic E-state index is 0.190. The molecule has 2 aliphatic rings. The molecule has 2 fully saturated rings. The third kappa shape index (κ3) is 4.61. The summed E-state index contributed by atoms with van der Waals surface area (Å²) in [5, 5.41) is 16.9. The van der Waals surface area contributed by atoms with Crippen LogP contribution in [0.4, 0.5) is 11.6 Å². The standard InChI is InChI=1S/C25H28N6O4/c1-16-11-26-24(29-21(16)17-3-5-18(6-4-17)22(32)33)28-19-12-27-31(13-19)20-7-9-30(10-8-20)23(34)25(2)14-35-15-25/h3-6,11-13,20H,7-10,14-15H2,1-2H3,(H,32,33)(H,26,28,29). The molecule has 0 spiro atoms. The highest BCUT2D eigenvalue weighted by Crippen LogP contribution is 2.32. The van der Waals surface area contributed by atoms with Gasteiger partial charge < -0.3 is 20.1 Å². The fraction of sp³-hybridized carbons (Fsp3) is 0.400. The van der Waals surface area contributed by atoms with Crippen molar-refractivity contribution in [3.05, 3.63) is 54.0 Å². The van der Waals surface area contributed by atoms with E-state index in [1.54, 1.807) is 36.7 Å². The number of aromatic nitrogens is 4. The first-order valence-electron chi connectivity index (χ1n) is 11.7. The maximum atomic E-state index is 12.7. The number of carboxylic acid groups (broad SMARTS) is 1. The Morgan fingerprint density at radius 3 is 2.49 bits per heavy atom. The number of anilines is 2. The maximum absolute atomic E-state index is 12.7. The van der Waals surface area contributed by atoms with E-state index in [-0.39, 0.29) is 22.9 Å². The Morgan fingerprint density at radius 2 is 1.86 bits per heavy atom. The van der Waals surface area contributed by atoms with Gasteiger partial charge in [-0.05, 0) is 44.4 Å². The number of ether oxygens (including phenoxy) is 1. The molecule has 0 unspecified atom stereocenters. The van der Waals surface area contributed by atoms with Crippen molar-refractivity contribution in [2.24, 2.45) is 5.41 Å². The number of amides is 1. The van der Waals surface area contributed by atoms with E-state index in [0.29, 0.717) is 32.3 Å². The molecule has 5 rings (SSSR count). The predicted octanol–water partition coefficient (Wildman–Crippen LogP) is 3.29. The van der Waals surface area contributed by atoms with Gasteiger partial charge in [0.05, 0.1) is 47.8 Å². The Labute approximate surface area is 203 Å². The number of aryl methyl sites for hydroxylation is 1. The van der Waals surface area contributed by atoms with Gasteiger partial charge in [0, 0.05) is 31.0 Å². The molecule has 4 heterocycles. The first kappa shape index (κ1) is 23.0. The van der Waals surface area contributed by atoms with Crippen LogP contribution in [0.1, 0.15) is 41.7 Å². The molecule has 2 aliphatic heterocycles. The molecule has 0 radical (unpaired) electrons. The molecular formula is C25H28N6O4. The number of nitrogens with zero attached hydrogens (tertiary/aromatic N) is 5. The van der Waals surface area contributed by atoms with Gasteiger partial charge in [-0.1, -0.05) is 12.1 Å². The smallest absolute Gasteiger partial charge is 0.335 e. The zero-order chi connectivity index (χ0) is 24.6. The number of carboxylic acids is 1. The lowest BCUT2D eigenvalue weighted by atomic mass is 9.86. The number of nitrogens with one attached hydrogen (secondary N) is 1. The minimum Gasteiger partial charge on any atom is -0.478 e. The summed E-state index contributed by atoms with van der Waals surface area (Å²) >= 11 is 0. The monoisotopic (exact) mass is 476 g/mol. The van der Waals surface area contributed by atoms with Crippen molar-refractivity contribution in [3.8, 4) is 11.3 Å². The average Bonchev–Trinajstić information content (AvgIpc) is 3.32. The first-order chi connectivity index (χ1) is 16.8. The van der Waals surface area contributed by atoms with Crippen LogP contribution in [0.2, 0.25) is 0 Å². The SMILES string of the molecule is Cc1cnc(Nc2cnn(C3CCN(C(=O)C4(C)COC4)CC3)c2)nc1-c1ccc(C(=O)O)cc1. The van der Waals surface area contributed by atoms with Crippen molar-refractivity contribution in [2.75, 3.05) is 31.6 Å². The van der Waals surface area contributed by atoms with Crippen LogP contribution in [0.25, 0.3) is 11.3 Å². The molecule has 182 valence electrons. The van der Waals surface area contributed by atoms with Crippen LogP contribution in [0, 0.1) is 12.3 Å². The summed E-state index contributed by atoms with van der Waals surface area (Å²) in [5.74, 6) is -0.339. The highest BCUT2D eigenvalue weighted by molar-refractivity contribution is 5.88. The molecule has 10 nitrogen and oxygen atoms in total. The van der Waals surface area contributed by atoms with Gasteiger partial charge >= 0.3 is 5.97 Å². The number of carbonyl (C=O) groups is 2. The lowest BCUT2D eigenvalue weighted by molar-refractivity contribution is -0.170. The van der Waals surface area contributed by atoms with Crippen LogP contribution in [0.15, 0.2) is 42.9 Å². The third-order valence-electron chi connectivity index (χ3n) is 6.72. The van der Waals surface area contributed by atoms with E-state index in [2.05, 4.69) is 20.4 Å². The van der Waals surface area contributed by atoms with Crippen LogP contribution in [-0.4, -0.2) is 67.9 Å². The van der Waals surface area contributed by atoms with Crippen LogP contribution in [0.3, 0.4) is 0 Å². The lowest BCUT2D eigenvalue weighted by Gasteiger charge is -2.42. The Bertz CT molecular complexity index is 1240. The van der Waals surface area contributed by atoms with Crippen molar-refractivity contribution >= 4 is 23.5 Å². The molecule has 10 heteroatoms. The van der Waals surface area contributed by atoms with E-state index in [1.165, 1.54) is 0 Å². The van der Waals surface area contributed by atoms with Gasteiger partial charge in [-0.2, -0.15) is 5.10 Å². The number of piperidine rings is 1. The van der Waals surface area contributed by atoms with E-state index in [9.17, 15) is 9.59 Å². The molecule has 0 aliphatic carbocycles. The molecule has 0 bridgehead atoms. The highest BCUT2D eigenvalue weighted by atomic mass is 16.5. The molecule has 2 aromatic heterocycles. The van der Waals surface area contributed by atoms with E-state index < -0.39 is 5.97 Å². The second kappa shape index (κ2) is 9.10. The normalized spacial score (nSPS) is 17.6. The fourth-order valence-electron chi connectivity index (χ4n) is 4.54.